The molecule has 0 aliphatic heterocycles. The Labute approximate surface area is 134 Å². The van der Waals surface area contributed by atoms with Gasteiger partial charge in [-0.05, 0) is 36.9 Å². The van der Waals surface area contributed by atoms with Crippen molar-refractivity contribution in [3.63, 3.8) is 0 Å². The van der Waals surface area contributed by atoms with Gasteiger partial charge in [0.2, 0.25) is 0 Å². The molecule has 2 aromatic rings. The molecule has 5 nitrogen and oxygen atoms in total. The predicted octanol–water partition coefficient (Wildman–Crippen LogP) is 3.41. The van der Waals surface area contributed by atoms with Gasteiger partial charge in [0.25, 0.3) is 5.91 Å². The lowest BCUT2D eigenvalue weighted by molar-refractivity contribution is 0.102. The number of thioether (sulfide) groups is 1. The van der Waals surface area contributed by atoms with E-state index in [-0.39, 0.29) is 5.91 Å². The summed E-state index contributed by atoms with van der Waals surface area (Å²) in [6, 6.07) is 7.20. The first-order valence-electron chi connectivity index (χ1n) is 7.03. The minimum atomic E-state index is -0.193. The molecular weight excluding hydrogens is 298 g/mol. The maximum atomic E-state index is 12.4. The van der Waals surface area contributed by atoms with Crippen molar-refractivity contribution >= 4 is 23.4 Å². The molecule has 0 saturated carbocycles. The summed E-state index contributed by atoms with van der Waals surface area (Å²) in [5.41, 5.74) is 2.02. The molecule has 0 radical (unpaired) electrons. The van der Waals surface area contributed by atoms with Crippen LogP contribution in [-0.4, -0.2) is 29.2 Å². The number of aryl methyl sites for hydroxylation is 1. The number of hydrogen-bond acceptors (Lipinski definition) is 5. The molecule has 116 valence electrons. The van der Waals surface area contributed by atoms with E-state index in [9.17, 15) is 4.79 Å². The van der Waals surface area contributed by atoms with Gasteiger partial charge in [0.05, 0.1) is 18.4 Å². The lowest BCUT2D eigenvalue weighted by atomic mass is 10.1. The third-order valence-electron chi connectivity index (χ3n) is 3.11. The van der Waals surface area contributed by atoms with Gasteiger partial charge >= 0.3 is 0 Å². The molecular formula is C16H19N3O2S. The molecule has 1 amide bonds. The first kappa shape index (κ1) is 16.3. The van der Waals surface area contributed by atoms with Crippen LogP contribution in [0.15, 0.2) is 35.6 Å². The lowest BCUT2D eigenvalue weighted by Crippen LogP contribution is -2.16. The van der Waals surface area contributed by atoms with Crippen LogP contribution in [0.1, 0.15) is 29.4 Å². The van der Waals surface area contributed by atoms with Crippen LogP contribution >= 0.6 is 11.8 Å². The fourth-order valence-electron chi connectivity index (χ4n) is 1.99. The number of rotatable bonds is 6. The summed E-state index contributed by atoms with van der Waals surface area (Å²) in [4.78, 5) is 21.1. The van der Waals surface area contributed by atoms with E-state index in [4.69, 9.17) is 4.74 Å². The normalized spacial score (nSPS) is 10.3. The number of nitrogens with zero attached hydrogens (tertiary/aromatic N) is 2. The average molecular weight is 317 g/mol. The highest BCUT2D eigenvalue weighted by molar-refractivity contribution is 7.98. The summed E-state index contributed by atoms with van der Waals surface area (Å²) in [6.07, 6.45) is 5.19. The van der Waals surface area contributed by atoms with Gasteiger partial charge in [0.15, 0.2) is 5.16 Å². The third-order valence-corrected chi connectivity index (χ3v) is 3.67. The van der Waals surface area contributed by atoms with Gasteiger partial charge < -0.3 is 10.1 Å². The van der Waals surface area contributed by atoms with Crippen molar-refractivity contribution in [2.45, 2.75) is 24.9 Å². The van der Waals surface area contributed by atoms with Crippen LogP contribution in [0.4, 0.5) is 5.69 Å². The SMILES string of the molecule is CCCc1nc(SC)ncc1C(=O)Nc1ccc(OC)cc1. The molecule has 0 saturated heterocycles. The van der Waals surface area contributed by atoms with Crippen LogP contribution < -0.4 is 10.1 Å². The van der Waals surface area contributed by atoms with Crippen molar-refractivity contribution in [3.05, 3.63) is 41.7 Å². The minimum absolute atomic E-state index is 0.193. The van der Waals surface area contributed by atoms with Gasteiger partial charge in [-0.1, -0.05) is 25.1 Å². The Bertz CT molecular complexity index is 644. The molecule has 0 aliphatic rings. The number of amides is 1. The quantitative estimate of drug-likeness (QED) is 0.653. The molecule has 0 spiro atoms. The van der Waals surface area contributed by atoms with E-state index in [0.29, 0.717) is 16.4 Å². The number of benzene rings is 1. The highest BCUT2D eigenvalue weighted by Gasteiger charge is 2.14. The molecule has 1 N–H and O–H groups in total. The van der Waals surface area contributed by atoms with E-state index in [1.54, 1.807) is 37.6 Å². The van der Waals surface area contributed by atoms with Gasteiger partial charge in [-0.3, -0.25) is 4.79 Å². The molecule has 22 heavy (non-hydrogen) atoms. The highest BCUT2D eigenvalue weighted by atomic mass is 32.2. The molecule has 0 atom stereocenters. The van der Waals surface area contributed by atoms with E-state index in [0.717, 1.165) is 24.3 Å². The predicted molar refractivity (Wildman–Crippen MR) is 88.8 cm³/mol. The molecule has 0 aliphatic carbocycles. The van der Waals surface area contributed by atoms with Crippen molar-refractivity contribution in [2.24, 2.45) is 0 Å². The zero-order chi connectivity index (χ0) is 15.9. The summed E-state index contributed by atoms with van der Waals surface area (Å²) >= 11 is 1.47. The van der Waals surface area contributed by atoms with Gasteiger partial charge in [0.1, 0.15) is 5.75 Å². The second-order valence-corrected chi connectivity index (χ2v) is 5.42. The Hall–Kier alpha value is -2.08. The molecule has 0 fully saturated rings. The largest absolute Gasteiger partial charge is 0.497 e. The van der Waals surface area contributed by atoms with Crippen molar-refractivity contribution in [3.8, 4) is 5.75 Å². The Balaban J connectivity index is 2.20. The zero-order valence-corrected chi connectivity index (χ0v) is 13.7. The van der Waals surface area contributed by atoms with Crippen molar-refractivity contribution in [1.82, 2.24) is 9.97 Å². The second kappa shape index (κ2) is 7.79. The summed E-state index contributed by atoms with van der Waals surface area (Å²) in [7, 11) is 1.61. The molecule has 0 unspecified atom stereocenters. The number of nitrogens with one attached hydrogen (secondary N) is 1. The number of carbonyl (C=O) groups excluding carboxylic acids is 1. The first-order chi connectivity index (χ1) is 10.7. The molecule has 1 aromatic heterocycles. The third kappa shape index (κ3) is 3.98. The minimum Gasteiger partial charge on any atom is -0.497 e. The molecule has 0 bridgehead atoms. The second-order valence-electron chi connectivity index (χ2n) is 4.65. The standard InChI is InChI=1S/C16H19N3O2S/c1-4-5-14-13(10-17-16(19-14)22-3)15(20)18-11-6-8-12(21-2)9-7-11/h6-10H,4-5H2,1-3H3,(H,18,20). The number of hydrogen-bond donors (Lipinski definition) is 1. The molecule has 2 rings (SSSR count). The van der Waals surface area contributed by atoms with E-state index in [1.165, 1.54) is 11.8 Å². The fourth-order valence-corrected chi connectivity index (χ4v) is 2.35. The average Bonchev–Trinajstić information content (AvgIpc) is 2.55. The molecule has 6 heteroatoms. The lowest BCUT2D eigenvalue weighted by Gasteiger charge is -2.10. The zero-order valence-electron chi connectivity index (χ0n) is 12.9. The van der Waals surface area contributed by atoms with Crippen LogP contribution in [0.25, 0.3) is 0 Å². The number of methoxy groups -OCH3 is 1. The van der Waals surface area contributed by atoms with Gasteiger partial charge in [0, 0.05) is 11.9 Å². The van der Waals surface area contributed by atoms with Gasteiger partial charge in [-0.15, -0.1) is 0 Å². The van der Waals surface area contributed by atoms with Crippen molar-refractivity contribution < 1.29 is 9.53 Å². The monoisotopic (exact) mass is 317 g/mol. The number of anilines is 1. The van der Waals surface area contributed by atoms with Crippen LogP contribution in [0, 0.1) is 0 Å². The summed E-state index contributed by atoms with van der Waals surface area (Å²) < 4.78 is 5.10. The van der Waals surface area contributed by atoms with Gasteiger partial charge in [-0.2, -0.15) is 0 Å². The Morgan fingerprint density at radius 3 is 2.64 bits per heavy atom. The van der Waals surface area contributed by atoms with Crippen LogP contribution in [0.2, 0.25) is 0 Å². The molecule has 1 aromatic carbocycles. The van der Waals surface area contributed by atoms with E-state index in [1.807, 2.05) is 6.26 Å². The van der Waals surface area contributed by atoms with E-state index < -0.39 is 0 Å². The van der Waals surface area contributed by atoms with E-state index in [2.05, 4.69) is 22.2 Å². The smallest absolute Gasteiger partial charge is 0.259 e. The fraction of sp³-hybridized carbons (Fsp3) is 0.312. The Morgan fingerprint density at radius 1 is 1.32 bits per heavy atom. The Kier molecular flexibility index (Phi) is 5.77. The Morgan fingerprint density at radius 2 is 2.05 bits per heavy atom. The van der Waals surface area contributed by atoms with Crippen molar-refractivity contribution in [2.75, 3.05) is 18.7 Å². The number of ether oxygens (including phenoxy) is 1. The van der Waals surface area contributed by atoms with Crippen LogP contribution in [0.3, 0.4) is 0 Å². The highest BCUT2D eigenvalue weighted by Crippen LogP contribution is 2.18. The van der Waals surface area contributed by atoms with E-state index >= 15 is 0 Å². The summed E-state index contributed by atoms with van der Waals surface area (Å²) in [5.74, 6) is 0.554. The van der Waals surface area contributed by atoms with Crippen molar-refractivity contribution in [1.29, 1.82) is 0 Å². The summed E-state index contributed by atoms with van der Waals surface area (Å²) in [5, 5.41) is 3.55. The van der Waals surface area contributed by atoms with Crippen LogP contribution in [0.5, 0.6) is 5.75 Å². The van der Waals surface area contributed by atoms with Crippen LogP contribution in [-0.2, 0) is 6.42 Å². The molecule has 1 heterocycles. The van der Waals surface area contributed by atoms with Gasteiger partial charge in [-0.25, -0.2) is 9.97 Å². The summed E-state index contributed by atoms with van der Waals surface area (Å²) in [6.45, 7) is 2.06. The number of carbonyl (C=O) groups is 1. The number of aromatic nitrogens is 2. The topological polar surface area (TPSA) is 64.1 Å². The maximum absolute atomic E-state index is 12.4. The first-order valence-corrected chi connectivity index (χ1v) is 8.25. The maximum Gasteiger partial charge on any atom is 0.259 e.